The lowest BCUT2D eigenvalue weighted by molar-refractivity contribution is 0.481. The third-order valence-corrected chi connectivity index (χ3v) is 3.58. The van der Waals surface area contributed by atoms with Gasteiger partial charge in [-0.1, -0.05) is 41.7 Å². The molecule has 0 saturated carbocycles. The fraction of sp³-hybridized carbons (Fsp3) is 0. The van der Waals surface area contributed by atoms with Gasteiger partial charge in [-0.05, 0) is 16.8 Å². The van der Waals surface area contributed by atoms with E-state index in [0.717, 1.165) is 20.9 Å². The lowest BCUT2D eigenvalue weighted by Crippen LogP contribution is -1.90. The number of hydrogen-bond acceptors (Lipinski definition) is 3. The normalized spacial score (nSPS) is 11.0. The van der Waals surface area contributed by atoms with E-state index >= 15 is 0 Å². The Kier molecular flexibility index (Phi) is 1.94. The fourth-order valence-electron chi connectivity index (χ4n) is 1.87. The molecule has 0 aliphatic rings. The Morgan fingerprint density at radius 2 is 1.81 bits per heavy atom. The molecule has 0 spiro atoms. The van der Waals surface area contributed by atoms with E-state index in [4.69, 9.17) is 0 Å². The monoisotopic (exact) mass is 228 g/mol. The van der Waals surface area contributed by atoms with Gasteiger partial charge in [-0.25, -0.2) is 0 Å². The Morgan fingerprint density at radius 1 is 1.00 bits per heavy atom. The van der Waals surface area contributed by atoms with Gasteiger partial charge in [0.25, 0.3) is 0 Å². The molecule has 2 aromatic carbocycles. The van der Waals surface area contributed by atoms with Gasteiger partial charge in [0.15, 0.2) is 0 Å². The van der Waals surface area contributed by atoms with Crippen LogP contribution in [0.4, 0.5) is 0 Å². The molecule has 16 heavy (non-hydrogen) atoms. The first-order valence-electron chi connectivity index (χ1n) is 4.90. The van der Waals surface area contributed by atoms with Crippen LogP contribution in [-0.2, 0) is 0 Å². The van der Waals surface area contributed by atoms with Gasteiger partial charge in [0.1, 0.15) is 5.75 Å². The molecule has 1 N–H and O–H groups in total. The van der Waals surface area contributed by atoms with E-state index in [1.165, 1.54) is 17.4 Å². The number of hydrogen-bond donors (Lipinski definition) is 1. The van der Waals surface area contributed by atoms with Crippen molar-refractivity contribution in [2.45, 2.75) is 0 Å². The van der Waals surface area contributed by atoms with Crippen LogP contribution in [-0.4, -0.2) is 5.11 Å². The molecule has 0 aliphatic carbocycles. The van der Waals surface area contributed by atoms with Gasteiger partial charge in [-0.15, -0.1) is 0 Å². The van der Waals surface area contributed by atoms with Gasteiger partial charge in [0.05, 0.1) is 0 Å². The zero-order chi connectivity index (χ0) is 11.1. The highest BCUT2D eigenvalue weighted by atomic mass is 32.1. The van der Waals surface area contributed by atoms with Gasteiger partial charge in [-0.2, -0.15) is 0 Å². The average Bonchev–Trinajstić information content (AvgIpc) is 2.28. The molecule has 1 heterocycles. The molecule has 3 aromatic rings. The quantitative estimate of drug-likeness (QED) is 0.600. The molecule has 0 atom stereocenters. The molecule has 0 radical (unpaired) electrons. The zero-order valence-corrected chi connectivity index (χ0v) is 9.12. The second-order valence-corrected chi connectivity index (χ2v) is 4.63. The predicted octanol–water partition coefficient (Wildman–Crippen LogP) is 3.12. The maximum absolute atomic E-state index is 11.4. The summed E-state index contributed by atoms with van der Waals surface area (Å²) < 4.78 is 0.726. The van der Waals surface area contributed by atoms with Gasteiger partial charge in [0.2, 0.25) is 4.74 Å². The topological polar surface area (TPSA) is 37.3 Å². The van der Waals surface area contributed by atoms with Crippen molar-refractivity contribution >= 4 is 32.2 Å². The molecule has 0 unspecified atom stereocenters. The van der Waals surface area contributed by atoms with Crippen molar-refractivity contribution in [1.82, 2.24) is 0 Å². The number of fused-ring (bicyclic) bond motifs is 3. The number of rotatable bonds is 0. The number of benzene rings is 2. The lowest BCUT2D eigenvalue weighted by atomic mass is 10.1. The van der Waals surface area contributed by atoms with Crippen LogP contribution < -0.4 is 4.74 Å². The van der Waals surface area contributed by atoms with Gasteiger partial charge < -0.3 is 5.11 Å². The highest BCUT2D eigenvalue weighted by molar-refractivity contribution is 7.17. The maximum atomic E-state index is 11.4. The van der Waals surface area contributed by atoms with E-state index in [2.05, 4.69) is 0 Å². The molecular formula is C13H8O2S. The largest absolute Gasteiger partial charge is 0.507 e. The molecule has 0 amide bonds. The van der Waals surface area contributed by atoms with Crippen molar-refractivity contribution in [3.05, 3.63) is 52.0 Å². The predicted molar refractivity (Wildman–Crippen MR) is 67.3 cm³/mol. The third kappa shape index (κ3) is 1.29. The van der Waals surface area contributed by atoms with Gasteiger partial charge in [-0.3, -0.25) is 4.79 Å². The minimum absolute atomic E-state index is 0.0597. The van der Waals surface area contributed by atoms with E-state index in [1.54, 1.807) is 0 Å². The molecule has 3 heteroatoms. The summed E-state index contributed by atoms with van der Waals surface area (Å²) in [5, 5.41) is 12.5. The molecule has 3 rings (SSSR count). The first-order valence-corrected chi connectivity index (χ1v) is 5.72. The lowest BCUT2D eigenvalue weighted by Gasteiger charge is -2.03. The minimum Gasteiger partial charge on any atom is -0.507 e. The summed E-state index contributed by atoms with van der Waals surface area (Å²) >= 11 is 1.17. The van der Waals surface area contributed by atoms with Crippen LogP contribution in [0.15, 0.2) is 47.3 Å². The summed E-state index contributed by atoms with van der Waals surface area (Å²) in [5.41, 5.74) is 0. The van der Waals surface area contributed by atoms with E-state index in [1.807, 2.05) is 36.4 Å². The van der Waals surface area contributed by atoms with Crippen molar-refractivity contribution in [1.29, 1.82) is 0 Å². The maximum Gasteiger partial charge on any atom is 0.236 e. The van der Waals surface area contributed by atoms with Crippen LogP contribution in [0, 0.1) is 0 Å². The Labute approximate surface area is 95.4 Å². The van der Waals surface area contributed by atoms with Crippen molar-refractivity contribution < 1.29 is 5.11 Å². The standard InChI is InChI=1S/C13H8O2S/c14-11-7-12(15)16-13-9-4-2-1-3-8(9)5-6-10(11)13/h1-7,14H. The molecule has 0 bridgehead atoms. The van der Waals surface area contributed by atoms with E-state index < -0.39 is 0 Å². The third-order valence-electron chi connectivity index (χ3n) is 2.61. The van der Waals surface area contributed by atoms with Crippen LogP contribution in [0.1, 0.15) is 0 Å². The number of aromatic hydroxyl groups is 1. The first kappa shape index (κ1) is 9.36. The Balaban J connectivity index is 2.65. The second kappa shape index (κ2) is 3.32. The van der Waals surface area contributed by atoms with Crippen LogP contribution in [0.25, 0.3) is 20.9 Å². The molecular weight excluding hydrogens is 220 g/mol. The highest BCUT2D eigenvalue weighted by Gasteiger charge is 2.05. The van der Waals surface area contributed by atoms with Gasteiger partial charge in [0, 0.05) is 16.2 Å². The average molecular weight is 228 g/mol. The second-order valence-electron chi connectivity index (χ2n) is 3.61. The van der Waals surface area contributed by atoms with Crippen molar-refractivity contribution in [3.8, 4) is 5.75 Å². The van der Waals surface area contributed by atoms with Crippen molar-refractivity contribution in [2.75, 3.05) is 0 Å². The smallest absolute Gasteiger partial charge is 0.236 e. The first-order chi connectivity index (χ1) is 7.75. The minimum atomic E-state index is -0.124. The fourth-order valence-corrected chi connectivity index (χ4v) is 2.82. The SMILES string of the molecule is O=c1cc(O)c2ccc3ccccc3c2s1. The van der Waals surface area contributed by atoms with Gasteiger partial charge >= 0.3 is 0 Å². The Morgan fingerprint density at radius 3 is 2.69 bits per heavy atom. The van der Waals surface area contributed by atoms with Crippen molar-refractivity contribution in [2.24, 2.45) is 0 Å². The summed E-state index contributed by atoms with van der Waals surface area (Å²) in [6, 6.07) is 12.9. The summed E-state index contributed by atoms with van der Waals surface area (Å²) in [6.07, 6.45) is 0. The molecule has 0 aliphatic heterocycles. The summed E-state index contributed by atoms with van der Waals surface area (Å²) in [4.78, 5) is 11.4. The Hall–Kier alpha value is -1.87. The summed E-state index contributed by atoms with van der Waals surface area (Å²) in [7, 11) is 0. The van der Waals surface area contributed by atoms with Crippen LogP contribution in [0.2, 0.25) is 0 Å². The van der Waals surface area contributed by atoms with Crippen molar-refractivity contribution in [3.63, 3.8) is 0 Å². The summed E-state index contributed by atoms with van der Waals surface area (Å²) in [5.74, 6) is 0.0597. The molecule has 1 aromatic heterocycles. The molecule has 2 nitrogen and oxygen atoms in total. The van der Waals surface area contributed by atoms with Crippen LogP contribution >= 0.6 is 11.3 Å². The summed E-state index contributed by atoms with van der Waals surface area (Å²) in [6.45, 7) is 0. The molecule has 0 fully saturated rings. The highest BCUT2D eigenvalue weighted by Crippen LogP contribution is 2.31. The van der Waals surface area contributed by atoms with E-state index in [9.17, 15) is 9.90 Å². The van der Waals surface area contributed by atoms with E-state index in [0.29, 0.717) is 0 Å². The molecule has 78 valence electrons. The van der Waals surface area contributed by atoms with E-state index in [-0.39, 0.29) is 10.5 Å². The molecule has 0 saturated heterocycles. The zero-order valence-electron chi connectivity index (χ0n) is 8.31. The van der Waals surface area contributed by atoms with Crippen LogP contribution in [0.3, 0.4) is 0 Å². The van der Waals surface area contributed by atoms with Crippen LogP contribution in [0.5, 0.6) is 5.75 Å². The Bertz CT molecular complexity index is 744.